The predicted octanol–water partition coefficient (Wildman–Crippen LogP) is 4.87. The summed E-state index contributed by atoms with van der Waals surface area (Å²) in [6.07, 6.45) is 3.26. The topological polar surface area (TPSA) is 12.0 Å². The molecule has 0 aromatic heterocycles. The number of nitrogens with one attached hydrogen (secondary N) is 1. The molecule has 1 N–H and O–H groups in total. The van der Waals surface area contributed by atoms with Crippen molar-refractivity contribution < 1.29 is 4.39 Å². The fraction of sp³-hybridized carbons (Fsp3) is 0.368. The molecule has 2 aromatic carbocycles. The number of aryl methyl sites for hydroxylation is 1. The monoisotopic (exact) mass is 285 g/mol. The summed E-state index contributed by atoms with van der Waals surface area (Å²) in [6, 6.07) is 15.5. The highest BCUT2D eigenvalue weighted by molar-refractivity contribution is 5.34. The fourth-order valence-electron chi connectivity index (χ4n) is 2.57. The number of rotatable bonds is 7. The Kier molecular flexibility index (Phi) is 5.94. The maximum absolute atomic E-state index is 14.1. The molecule has 112 valence electrons. The molecular formula is C19H24FN. The van der Waals surface area contributed by atoms with Gasteiger partial charge in [-0.25, -0.2) is 4.39 Å². The van der Waals surface area contributed by atoms with Crippen LogP contribution in [-0.2, 0) is 6.42 Å². The van der Waals surface area contributed by atoms with E-state index in [1.165, 1.54) is 11.6 Å². The molecule has 0 radical (unpaired) electrons. The lowest BCUT2D eigenvalue weighted by Crippen LogP contribution is -2.24. The van der Waals surface area contributed by atoms with Crippen molar-refractivity contribution in [3.05, 3.63) is 71.0 Å². The first kappa shape index (κ1) is 15.7. The molecule has 2 heteroatoms. The molecular weight excluding hydrogens is 261 g/mol. The fourth-order valence-corrected chi connectivity index (χ4v) is 2.57. The molecule has 0 aliphatic heterocycles. The zero-order valence-corrected chi connectivity index (χ0v) is 12.9. The van der Waals surface area contributed by atoms with E-state index < -0.39 is 0 Å². The van der Waals surface area contributed by atoms with Gasteiger partial charge in [0.2, 0.25) is 0 Å². The van der Waals surface area contributed by atoms with Crippen LogP contribution >= 0.6 is 0 Å². The molecule has 2 rings (SSSR count). The molecule has 0 spiro atoms. The third-order valence-electron chi connectivity index (χ3n) is 3.67. The molecule has 21 heavy (non-hydrogen) atoms. The van der Waals surface area contributed by atoms with Gasteiger partial charge in [0.05, 0.1) is 6.04 Å². The number of hydrogen-bond acceptors (Lipinski definition) is 1. The quantitative estimate of drug-likeness (QED) is 0.765. The minimum absolute atomic E-state index is 0.0816. The van der Waals surface area contributed by atoms with Crippen LogP contribution in [0.15, 0.2) is 48.5 Å². The van der Waals surface area contributed by atoms with E-state index in [0.29, 0.717) is 5.56 Å². The van der Waals surface area contributed by atoms with Gasteiger partial charge >= 0.3 is 0 Å². The average Bonchev–Trinajstić information content (AvgIpc) is 2.51. The van der Waals surface area contributed by atoms with E-state index >= 15 is 0 Å². The summed E-state index contributed by atoms with van der Waals surface area (Å²) in [6.45, 7) is 5.17. The highest BCUT2D eigenvalue weighted by atomic mass is 19.1. The Morgan fingerprint density at radius 1 is 0.952 bits per heavy atom. The van der Waals surface area contributed by atoms with Crippen molar-refractivity contribution in [2.24, 2.45) is 0 Å². The molecule has 0 fully saturated rings. The minimum atomic E-state index is -0.149. The van der Waals surface area contributed by atoms with Gasteiger partial charge in [-0.2, -0.15) is 0 Å². The molecule has 1 nitrogen and oxygen atoms in total. The van der Waals surface area contributed by atoms with Crippen molar-refractivity contribution in [3.63, 3.8) is 0 Å². The van der Waals surface area contributed by atoms with Gasteiger partial charge in [-0.15, -0.1) is 0 Å². The van der Waals surface area contributed by atoms with E-state index in [9.17, 15) is 4.39 Å². The van der Waals surface area contributed by atoms with Crippen molar-refractivity contribution in [2.45, 2.75) is 39.2 Å². The SMILES string of the molecule is CCCNC(c1ccc(CCC)cc1)c1ccccc1F. The number of hydrogen-bond donors (Lipinski definition) is 1. The lowest BCUT2D eigenvalue weighted by molar-refractivity contribution is 0.546. The Labute approximate surface area is 127 Å². The molecule has 0 aliphatic rings. The normalized spacial score (nSPS) is 12.3. The van der Waals surface area contributed by atoms with Crippen LogP contribution in [0.4, 0.5) is 4.39 Å². The van der Waals surface area contributed by atoms with Crippen molar-refractivity contribution in [1.29, 1.82) is 0 Å². The third kappa shape index (κ3) is 4.15. The maximum Gasteiger partial charge on any atom is 0.128 e. The first-order valence-corrected chi connectivity index (χ1v) is 7.83. The van der Waals surface area contributed by atoms with Crippen LogP contribution in [0.25, 0.3) is 0 Å². The zero-order chi connectivity index (χ0) is 15.1. The van der Waals surface area contributed by atoms with Crippen LogP contribution in [0.1, 0.15) is 49.4 Å². The maximum atomic E-state index is 14.1. The standard InChI is InChI=1S/C19H24FN/c1-3-7-15-10-12-16(13-11-15)19(21-14-4-2)17-8-5-6-9-18(17)20/h5-6,8-13,19,21H,3-4,7,14H2,1-2H3. The lowest BCUT2D eigenvalue weighted by atomic mass is 9.96. The molecule has 0 aliphatic carbocycles. The lowest BCUT2D eigenvalue weighted by Gasteiger charge is -2.20. The Morgan fingerprint density at radius 2 is 1.67 bits per heavy atom. The van der Waals surface area contributed by atoms with E-state index in [1.807, 2.05) is 12.1 Å². The summed E-state index contributed by atoms with van der Waals surface area (Å²) in [7, 11) is 0. The summed E-state index contributed by atoms with van der Waals surface area (Å²) in [5.41, 5.74) is 3.17. The predicted molar refractivity (Wildman–Crippen MR) is 87.0 cm³/mol. The van der Waals surface area contributed by atoms with Crippen LogP contribution in [0.5, 0.6) is 0 Å². The second kappa shape index (κ2) is 7.94. The van der Waals surface area contributed by atoms with Gasteiger partial charge in [0.15, 0.2) is 0 Å². The Hall–Kier alpha value is -1.67. The van der Waals surface area contributed by atoms with Crippen LogP contribution in [0.3, 0.4) is 0 Å². The Bertz CT molecular complexity index is 548. The van der Waals surface area contributed by atoms with Gasteiger partial charge < -0.3 is 5.32 Å². The molecule has 0 amide bonds. The van der Waals surface area contributed by atoms with E-state index in [-0.39, 0.29) is 11.9 Å². The van der Waals surface area contributed by atoms with Crippen molar-refractivity contribution in [2.75, 3.05) is 6.54 Å². The molecule has 0 heterocycles. The van der Waals surface area contributed by atoms with Crippen LogP contribution in [0.2, 0.25) is 0 Å². The third-order valence-corrected chi connectivity index (χ3v) is 3.67. The summed E-state index contributed by atoms with van der Waals surface area (Å²) < 4.78 is 14.1. The van der Waals surface area contributed by atoms with Gasteiger partial charge in [0.1, 0.15) is 5.82 Å². The van der Waals surface area contributed by atoms with Gasteiger partial charge in [-0.3, -0.25) is 0 Å². The van der Waals surface area contributed by atoms with Gasteiger partial charge in [0, 0.05) is 5.56 Å². The first-order chi connectivity index (χ1) is 10.3. The molecule has 0 saturated heterocycles. The number of halogens is 1. The highest BCUT2D eigenvalue weighted by Gasteiger charge is 2.16. The zero-order valence-electron chi connectivity index (χ0n) is 12.9. The molecule has 1 unspecified atom stereocenters. The summed E-state index contributed by atoms with van der Waals surface area (Å²) >= 11 is 0. The summed E-state index contributed by atoms with van der Waals surface area (Å²) in [4.78, 5) is 0. The van der Waals surface area contributed by atoms with E-state index in [4.69, 9.17) is 0 Å². The highest BCUT2D eigenvalue weighted by Crippen LogP contribution is 2.25. The average molecular weight is 285 g/mol. The molecule has 1 atom stereocenters. The van der Waals surface area contributed by atoms with Crippen LogP contribution in [0, 0.1) is 5.82 Å². The summed E-state index contributed by atoms with van der Waals surface area (Å²) in [5, 5.41) is 3.45. The smallest absolute Gasteiger partial charge is 0.128 e. The van der Waals surface area contributed by atoms with E-state index in [1.54, 1.807) is 6.07 Å². The second-order valence-corrected chi connectivity index (χ2v) is 5.40. The molecule has 0 saturated carbocycles. The van der Waals surface area contributed by atoms with Gasteiger partial charge in [-0.05, 0) is 36.6 Å². The molecule has 2 aromatic rings. The number of benzene rings is 2. The second-order valence-electron chi connectivity index (χ2n) is 5.40. The minimum Gasteiger partial charge on any atom is -0.306 e. The van der Waals surface area contributed by atoms with Crippen molar-refractivity contribution >= 4 is 0 Å². The van der Waals surface area contributed by atoms with Crippen molar-refractivity contribution in [3.8, 4) is 0 Å². The van der Waals surface area contributed by atoms with Crippen LogP contribution < -0.4 is 5.32 Å². The first-order valence-electron chi connectivity index (χ1n) is 7.83. The largest absolute Gasteiger partial charge is 0.306 e. The Balaban J connectivity index is 2.29. The molecule has 0 bridgehead atoms. The van der Waals surface area contributed by atoms with E-state index in [0.717, 1.165) is 31.4 Å². The van der Waals surface area contributed by atoms with E-state index in [2.05, 4.69) is 43.4 Å². The van der Waals surface area contributed by atoms with Crippen LogP contribution in [-0.4, -0.2) is 6.54 Å². The van der Waals surface area contributed by atoms with Crippen molar-refractivity contribution in [1.82, 2.24) is 5.32 Å². The van der Waals surface area contributed by atoms with Gasteiger partial charge in [-0.1, -0.05) is 62.7 Å². The van der Waals surface area contributed by atoms with Gasteiger partial charge in [0.25, 0.3) is 0 Å². The summed E-state index contributed by atoms with van der Waals surface area (Å²) in [5.74, 6) is -0.149. The Morgan fingerprint density at radius 3 is 2.29 bits per heavy atom.